The maximum atomic E-state index is 13.0. The van der Waals surface area contributed by atoms with Crippen LogP contribution < -0.4 is 10.2 Å². The van der Waals surface area contributed by atoms with Crippen LogP contribution in [-0.2, 0) is 0 Å². The molecule has 1 N–H and O–H groups in total. The summed E-state index contributed by atoms with van der Waals surface area (Å²) in [5, 5.41) is 4.10. The van der Waals surface area contributed by atoms with Crippen molar-refractivity contribution in [2.45, 2.75) is 20.0 Å². The Morgan fingerprint density at radius 1 is 1.08 bits per heavy atom. The summed E-state index contributed by atoms with van der Waals surface area (Å²) in [5.74, 6) is -0.0624. The summed E-state index contributed by atoms with van der Waals surface area (Å²) < 4.78 is 0. The number of fused-ring (bicyclic) bond motifs is 1. The summed E-state index contributed by atoms with van der Waals surface area (Å²) in [4.78, 5) is 19.2. The van der Waals surface area contributed by atoms with Gasteiger partial charge < -0.3 is 5.32 Å². The molecule has 5 heteroatoms. The second-order valence-corrected chi connectivity index (χ2v) is 6.86. The lowest BCUT2D eigenvalue weighted by atomic mass is 10.2. The van der Waals surface area contributed by atoms with Crippen molar-refractivity contribution in [3.8, 4) is 0 Å². The predicted octanol–water partition coefficient (Wildman–Crippen LogP) is 5.12. The fraction of sp³-hybridized carbons (Fsp3) is 0.143. The normalized spacial score (nSPS) is 15.9. The number of halogens is 1. The van der Waals surface area contributed by atoms with Gasteiger partial charge in [-0.3, -0.25) is 14.7 Å². The molecule has 2 heterocycles. The number of carbonyl (C=O) groups is 1. The fourth-order valence-corrected chi connectivity index (χ4v) is 3.31. The van der Waals surface area contributed by atoms with Gasteiger partial charge in [0.05, 0.1) is 11.3 Å². The summed E-state index contributed by atoms with van der Waals surface area (Å²) in [6, 6.07) is 17.3. The summed E-state index contributed by atoms with van der Waals surface area (Å²) in [5.41, 5.74) is 5.15. The zero-order chi connectivity index (χ0) is 18.3. The number of rotatable bonds is 3. The highest BCUT2D eigenvalue weighted by atomic mass is 35.5. The van der Waals surface area contributed by atoms with Gasteiger partial charge in [0.25, 0.3) is 5.91 Å². The third-order valence-electron chi connectivity index (χ3n) is 4.59. The first-order valence-corrected chi connectivity index (χ1v) is 8.80. The molecule has 1 atom stereocenters. The predicted molar refractivity (Wildman–Crippen MR) is 105 cm³/mol. The molecule has 0 bridgehead atoms. The fourth-order valence-electron chi connectivity index (χ4n) is 3.13. The minimum atomic E-state index is -0.389. The number of nitrogens with zero attached hydrogens (tertiary/aromatic N) is 2. The molecule has 1 aliphatic heterocycles. The van der Waals surface area contributed by atoms with Crippen molar-refractivity contribution in [2.24, 2.45) is 0 Å². The average Bonchev–Trinajstić information content (AvgIpc) is 2.92. The van der Waals surface area contributed by atoms with Crippen molar-refractivity contribution in [2.75, 3.05) is 10.2 Å². The van der Waals surface area contributed by atoms with Gasteiger partial charge in [0.2, 0.25) is 0 Å². The molecule has 1 amide bonds. The molecule has 0 radical (unpaired) electrons. The molecule has 4 rings (SSSR count). The van der Waals surface area contributed by atoms with Crippen LogP contribution in [0.4, 0.5) is 11.4 Å². The monoisotopic (exact) mass is 363 g/mol. The molecule has 0 spiro atoms. The van der Waals surface area contributed by atoms with E-state index in [1.807, 2.05) is 62.4 Å². The van der Waals surface area contributed by atoms with Gasteiger partial charge >= 0.3 is 0 Å². The van der Waals surface area contributed by atoms with Crippen LogP contribution in [-0.4, -0.2) is 10.9 Å². The number of aromatic nitrogens is 1. The molecule has 4 nitrogen and oxygen atoms in total. The van der Waals surface area contributed by atoms with Crippen LogP contribution in [0.2, 0.25) is 5.02 Å². The van der Waals surface area contributed by atoms with E-state index >= 15 is 0 Å². The standard InChI is InChI=1S/C21H18ClN3O/c1-13-5-9-16(10-6-13)25-20(19-17(21(25)26)4-3-11-23-19)24-15-8-7-14(2)18(22)12-15/h3-12,20,24H,1-2H3/t20-/m0/s1. The zero-order valence-electron chi connectivity index (χ0n) is 14.5. The molecule has 0 saturated carbocycles. The first-order valence-electron chi connectivity index (χ1n) is 8.42. The van der Waals surface area contributed by atoms with E-state index < -0.39 is 0 Å². The number of hydrogen-bond donors (Lipinski definition) is 1. The molecule has 0 unspecified atom stereocenters. The number of anilines is 2. The Morgan fingerprint density at radius 2 is 1.85 bits per heavy atom. The van der Waals surface area contributed by atoms with E-state index in [1.54, 1.807) is 17.2 Å². The summed E-state index contributed by atoms with van der Waals surface area (Å²) >= 11 is 6.26. The molecule has 1 aromatic heterocycles. The van der Waals surface area contributed by atoms with Gasteiger partial charge in [-0.1, -0.05) is 35.4 Å². The molecular weight excluding hydrogens is 346 g/mol. The Balaban J connectivity index is 1.77. The Kier molecular flexibility index (Phi) is 4.13. The van der Waals surface area contributed by atoms with E-state index in [4.69, 9.17) is 11.6 Å². The van der Waals surface area contributed by atoms with E-state index in [0.717, 1.165) is 28.2 Å². The molecule has 0 fully saturated rings. The van der Waals surface area contributed by atoms with Crippen molar-refractivity contribution in [1.82, 2.24) is 4.98 Å². The molecular formula is C21H18ClN3O. The minimum absolute atomic E-state index is 0.0624. The van der Waals surface area contributed by atoms with Crippen molar-refractivity contribution < 1.29 is 4.79 Å². The number of pyridine rings is 1. The van der Waals surface area contributed by atoms with E-state index in [-0.39, 0.29) is 12.1 Å². The van der Waals surface area contributed by atoms with E-state index in [1.165, 1.54) is 0 Å². The SMILES string of the molecule is Cc1ccc(N2C(=O)c3cccnc3[C@H]2Nc2ccc(C)c(Cl)c2)cc1. The topological polar surface area (TPSA) is 45.2 Å². The number of benzene rings is 2. The van der Waals surface area contributed by atoms with Gasteiger partial charge in [-0.25, -0.2) is 0 Å². The number of carbonyl (C=O) groups excluding carboxylic acids is 1. The zero-order valence-corrected chi connectivity index (χ0v) is 15.3. The maximum Gasteiger partial charge on any atom is 0.262 e. The van der Waals surface area contributed by atoms with Crippen LogP contribution in [0.3, 0.4) is 0 Å². The van der Waals surface area contributed by atoms with Crippen molar-refractivity contribution in [3.63, 3.8) is 0 Å². The molecule has 130 valence electrons. The number of hydrogen-bond acceptors (Lipinski definition) is 3. The Bertz CT molecular complexity index is 985. The largest absolute Gasteiger partial charge is 0.360 e. The third-order valence-corrected chi connectivity index (χ3v) is 5.00. The van der Waals surface area contributed by atoms with Crippen molar-refractivity contribution in [1.29, 1.82) is 0 Å². The quantitative estimate of drug-likeness (QED) is 0.702. The van der Waals surface area contributed by atoms with Crippen LogP contribution in [0.25, 0.3) is 0 Å². The lowest BCUT2D eigenvalue weighted by molar-refractivity contribution is 0.0993. The highest BCUT2D eigenvalue weighted by molar-refractivity contribution is 6.31. The van der Waals surface area contributed by atoms with Crippen LogP contribution in [0.1, 0.15) is 33.3 Å². The third kappa shape index (κ3) is 2.82. The molecule has 26 heavy (non-hydrogen) atoms. The Morgan fingerprint density at radius 3 is 2.58 bits per heavy atom. The van der Waals surface area contributed by atoms with Gasteiger partial charge in [-0.2, -0.15) is 0 Å². The Hall–Kier alpha value is -2.85. The number of nitrogens with one attached hydrogen (secondary N) is 1. The second-order valence-electron chi connectivity index (χ2n) is 6.46. The Labute approximate surface area is 157 Å². The second kappa shape index (κ2) is 6.46. The van der Waals surface area contributed by atoms with Crippen LogP contribution in [0.15, 0.2) is 60.8 Å². The number of aryl methyl sites for hydroxylation is 2. The van der Waals surface area contributed by atoms with Crippen LogP contribution >= 0.6 is 11.6 Å². The summed E-state index contributed by atoms with van der Waals surface area (Å²) in [6.45, 7) is 3.98. The molecule has 0 saturated heterocycles. The molecule has 3 aromatic rings. The van der Waals surface area contributed by atoms with Crippen LogP contribution in [0.5, 0.6) is 0 Å². The van der Waals surface area contributed by atoms with Crippen LogP contribution in [0, 0.1) is 13.8 Å². The average molecular weight is 364 g/mol. The van der Waals surface area contributed by atoms with E-state index in [2.05, 4.69) is 10.3 Å². The van der Waals surface area contributed by atoms with Gasteiger partial charge in [0.1, 0.15) is 0 Å². The molecule has 1 aliphatic rings. The molecule has 0 aliphatic carbocycles. The lowest BCUT2D eigenvalue weighted by Gasteiger charge is -2.27. The van der Waals surface area contributed by atoms with Gasteiger partial charge in [0, 0.05) is 22.6 Å². The first kappa shape index (κ1) is 16.6. The smallest absolute Gasteiger partial charge is 0.262 e. The van der Waals surface area contributed by atoms with E-state index in [0.29, 0.717) is 10.6 Å². The maximum absolute atomic E-state index is 13.0. The van der Waals surface area contributed by atoms with Gasteiger partial charge in [0.15, 0.2) is 6.17 Å². The van der Waals surface area contributed by atoms with Crippen molar-refractivity contribution >= 4 is 28.9 Å². The minimum Gasteiger partial charge on any atom is -0.360 e. The lowest BCUT2D eigenvalue weighted by Crippen LogP contribution is -2.32. The van der Waals surface area contributed by atoms with Gasteiger partial charge in [-0.15, -0.1) is 0 Å². The first-order chi connectivity index (χ1) is 12.5. The molecule has 2 aromatic carbocycles. The number of amides is 1. The summed E-state index contributed by atoms with van der Waals surface area (Å²) in [6.07, 6.45) is 1.32. The van der Waals surface area contributed by atoms with Crippen molar-refractivity contribution in [3.05, 3.63) is 88.2 Å². The summed E-state index contributed by atoms with van der Waals surface area (Å²) in [7, 11) is 0. The highest BCUT2D eigenvalue weighted by Gasteiger charge is 2.38. The van der Waals surface area contributed by atoms with Gasteiger partial charge in [-0.05, 0) is 55.8 Å². The highest BCUT2D eigenvalue weighted by Crippen LogP contribution is 2.37. The van der Waals surface area contributed by atoms with E-state index in [9.17, 15) is 4.79 Å².